The van der Waals surface area contributed by atoms with E-state index >= 15 is 0 Å². The Kier molecular flexibility index (Phi) is 4.53. The fourth-order valence-corrected chi connectivity index (χ4v) is 2.93. The molecule has 1 saturated heterocycles. The number of hydrogen-bond acceptors (Lipinski definition) is 4. The van der Waals surface area contributed by atoms with Crippen LogP contribution in [0.3, 0.4) is 0 Å². The van der Waals surface area contributed by atoms with Crippen LogP contribution in [-0.4, -0.2) is 23.4 Å². The number of nitrogens with one attached hydrogen (secondary N) is 1. The van der Waals surface area contributed by atoms with Gasteiger partial charge in [-0.25, -0.2) is 0 Å². The van der Waals surface area contributed by atoms with E-state index in [9.17, 15) is 4.79 Å². The van der Waals surface area contributed by atoms with Crippen LogP contribution in [0.1, 0.15) is 32.8 Å². The minimum Gasteiger partial charge on any atom is -0.465 e. The molecule has 1 unspecified atom stereocenters. The van der Waals surface area contributed by atoms with E-state index < -0.39 is 0 Å². The highest BCUT2D eigenvalue weighted by Gasteiger charge is 2.27. The summed E-state index contributed by atoms with van der Waals surface area (Å²) >= 11 is 1.60. The van der Waals surface area contributed by atoms with Crippen LogP contribution in [0.4, 0.5) is 0 Å². The molecule has 0 aromatic heterocycles. The molecule has 1 fully saturated rings. The van der Waals surface area contributed by atoms with Crippen molar-refractivity contribution < 1.29 is 9.53 Å². The highest BCUT2D eigenvalue weighted by atomic mass is 32.2. The van der Waals surface area contributed by atoms with Gasteiger partial charge in [-0.05, 0) is 38.5 Å². The van der Waals surface area contributed by atoms with Crippen LogP contribution >= 0.6 is 11.8 Å². The first kappa shape index (κ1) is 14.4. The van der Waals surface area contributed by atoms with E-state index in [4.69, 9.17) is 4.74 Å². The van der Waals surface area contributed by atoms with Crippen molar-refractivity contribution in [3.8, 4) is 0 Å². The Bertz CT molecular complexity index is 454. The van der Waals surface area contributed by atoms with Crippen molar-refractivity contribution in [1.82, 2.24) is 5.32 Å². The lowest BCUT2D eigenvalue weighted by molar-refractivity contribution is -0.137. The summed E-state index contributed by atoms with van der Waals surface area (Å²) in [5.74, 6) is -0.0804. The number of rotatable bonds is 4. The number of ether oxygens (including phenoxy) is 1. The lowest BCUT2D eigenvalue weighted by atomic mass is 10.1. The predicted molar refractivity (Wildman–Crippen MR) is 78.3 cm³/mol. The van der Waals surface area contributed by atoms with E-state index in [2.05, 4.69) is 44.3 Å². The zero-order valence-corrected chi connectivity index (χ0v) is 12.5. The quantitative estimate of drug-likeness (QED) is 0.860. The van der Waals surface area contributed by atoms with Crippen LogP contribution in [0.15, 0.2) is 29.2 Å². The van der Waals surface area contributed by atoms with E-state index in [0.29, 0.717) is 6.61 Å². The minimum absolute atomic E-state index is 0.0363. The molecule has 1 aromatic rings. The van der Waals surface area contributed by atoms with E-state index in [1.54, 1.807) is 11.8 Å². The number of thioether (sulfide) groups is 1. The lowest BCUT2D eigenvalue weighted by Gasteiger charge is -2.20. The summed E-state index contributed by atoms with van der Waals surface area (Å²) in [5, 5.41) is 3.43. The van der Waals surface area contributed by atoms with Crippen molar-refractivity contribution in [3.63, 3.8) is 0 Å². The van der Waals surface area contributed by atoms with E-state index in [0.717, 1.165) is 17.9 Å². The Morgan fingerprint density at radius 2 is 2.21 bits per heavy atom. The molecule has 1 atom stereocenters. The molecule has 0 spiro atoms. The number of esters is 1. The number of hydrogen-bond donors (Lipinski definition) is 1. The fourth-order valence-electron chi connectivity index (χ4n) is 1.84. The van der Waals surface area contributed by atoms with Crippen molar-refractivity contribution in [1.29, 1.82) is 0 Å². The van der Waals surface area contributed by atoms with Gasteiger partial charge in [0.2, 0.25) is 0 Å². The van der Waals surface area contributed by atoms with Gasteiger partial charge >= 0.3 is 5.97 Å². The monoisotopic (exact) mass is 279 g/mol. The van der Waals surface area contributed by atoms with Gasteiger partial charge in [0.25, 0.3) is 0 Å². The zero-order chi connectivity index (χ0) is 13.9. The molecule has 1 heterocycles. The average Bonchev–Trinajstić information content (AvgIpc) is 2.72. The lowest BCUT2D eigenvalue weighted by Crippen LogP contribution is -2.35. The molecule has 1 aromatic carbocycles. The SMILES string of the molecule is CC(C)(C)NCc1cccc(SC2CCOC2=O)c1. The molecule has 1 aliphatic rings. The molecule has 104 valence electrons. The van der Waals surface area contributed by atoms with E-state index in [-0.39, 0.29) is 16.8 Å². The van der Waals surface area contributed by atoms with Crippen molar-refractivity contribution in [3.05, 3.63) is 29.8 Å². The first-order chi connectivity index (χ1) is 8.94. The van der Waals surface area contributed by atoms with Gasteiger partial charge in [-0.2, -0.15) is 0 Å². The maximum absolute atomic E-state index is 11.5. The van der Waals surface area contributed by atoms with Crippen LogP contribution in [0.25, 0.3) is 0 Å². The highest BCUT2D eigenvalue weighted by Crippen LogP contribution is 2.29. The molecule has 1 aliphatic heterocycles. The summed E-state index contributed by atoms with van der Waals surface area (Å²) in [4.78, 5) is 12.6. The molecule has 0 saturated carbocycles. The summed E-state index contributed by atoms with van der Waals surface area (Å²) in [5.41, 5.74) is 1.35. The summed E-state index contributed by atoms with van der Waals surface area (Å²) in [6, 6.07) is 8.35. The number of cyclic esters (lactones) is 1. The molecule has 3 nitrogen and oxygen atoms in total. The van der Waals surface area contributed by atoms with Crippen LogP contribution in [-0.2, 0) is 16.1 Å². The van der Waals surface area contributed by atoms with Gasteiger partial charge in [0.05, 0.1) is 6.61 Å². The molecule has 0 bridgehead atoms. The molecular weight excluding hydrogens is 258 g/mol. The van der Waals surface area contributed by atoms with Crippen LogP contribution in [0.2, 0.25) is 0 Å². The Hall–Kier alpha value is -1.00. The second-order valence-electron chi connectivity index (χ2n) is 5.81. The van der Waals surface area contributed by atoms with Gasteiger partial charge in [0, 0.05) is 23.4 Å². The molecule has 4 heteroatoms. The highest BCUT2D eigenvalue weighted by molar-refractivity contribution is 8.00. The third-order valence-corrected chi connectivity index (χ3v) is 4.13. The van der Waals surface area contributed by atoms with Crippen LogP contribution < -0.4 is 5.32 Å². The van der Waals surface area contributed by atoms with Gasteiger partial charge in [0.1, 0.15) is 5.25 Å². The normalized spacial score (nSPS) is 19.5. The smallest absolute Gasteiger partial charge is 0.319 e. The van der Waals surface area contributed by atoms with Gasteiger partial charge < -0.3 is 10.1 Å². The second kappa shape index (κ2) is 5.97. The Morgan fingerprint density at radius 3 is 2.84 bits per heavy atom. The van der Waals surface area contributed by atoms with E-state index in [1.165, 1.54) is 5.56 Å². The standard InChI is InChI=1S/C15H21NO2S/c1-15(2,3)16-10-11-5-4-6-12(9-11)19-13-7-8-18-14(13)17/h4-6,9,13,16H,7-8,10H2,1-3H3. The average molecular weight is 279 g/mol. The summed E-state index contributed by atoms with van der Waals surface area (Å²) in [6.45, 7) is 7.86. The molecular formula is C15H21NO2S. The van der Waals surface area contributed by atoms with Crippen molar-refractivity contribution in [2.75, 3.05) is 6.61 Å². The molecule has 0 amide bonds. The largest absolute Gasteiger partial charge is 0.465 e. The van der Waals surface area contributed by atoms with E-state index in [1.807, 2.05) is 6.07 Å². The predicted octanol–water partition coefficient (Wildman–Crippen LogP) is 2.98. The molecule has 0 radical (unpaired) electrons. The maximum Gasteiger partial charge on any atom is 0.319 e. The van der Waals surface area contributed by atoms with Crippen LogP contribution in [0, 0.1) is 0 Å². The van der Waals surface area contributed by atoms with Gasteiger partial charge in [-0.1, -0.05) is 12.1 Å². The zero-order valence-electron chi connectivity index (χ0n) is 11.7. The van der Waals surface area contributed by atoms with Gasteiger partial charge in [-0.3, -0.25) is 4.79 Å². The Morgan fingerprint density at radius 1 is 1.42 bits per heavy atom. The third kappa shape index (κ3) is 4.55. The first-order valence-corrected chi connectivity index (χ1v) is 7.49. The topological polar surface area (TPSA) is 38.3 Å². The number of carbonyl (C=O) groups excluding carboxylic acids is 1. The van der Waals surface area contributed by atoms with Gasteiger partial charge in [-0.15, -0.1) is 11.8 Å². The summed E-state index contributed by atoms with van der Waals surface area (Å²) in [6.07, 6.45) is 0.813. The first-order valence-electron chi connectivity index (χ1n) is 6.61. The second-order valence-corrected chi connectivity index (χ2v) is 7.09. The van der Waals surface area contributed by atoms with Crippen molar-refractivity contribution in [2.24, 2.45) is 0 Å². The number of benzene rings is 1. The molecule has 1 N–H and O–H groups in total. The number of carbonyl (C=O) groups is 1. The molecule has 2 rings (SSSR count). The van der Waals surface area contributed by atoms with Gasteiger partial charge in [0.15, 0.2) is 0 Å². The summed E-state index contributed by atoms with van der Waals surface area (Å²) < 4.78 is 4.99. The fraction of sp³-hybridized carbons (Fsp3) is 0.533. The molecule has 0 aliphatic carbocycles. The third-order valence-electron chi connectivity index (χ3n) is 2.89. The Balaban J connectivity index is 1.97. The Labute approximate surface area is 119 Å². The van der Waals surface area contributed by atoms with Crippen LogP contribution in [0.5, 0.6) is 0 Å². The minimum atomic E-state index is -0.0804. The van der Waals surface area contributed by atoms with Crippen molar-refractivity contribution in [2.45, 2.75) is 49.4 Å². The maximum atomic E-state index is 11.5. The molecule has 19 heavy (non-hydrogen) atoms. The summed E-state index contributed by atoms with van der Waals surface area (Å²) in [7, 11) is 0. The van der Waals surface area contributed by atoms with Crippen molar-refractivity contribution >= 4 is 17.7 Å².